The number of hydrogen-bond donors (Lipinski definition) is 2. The fourth-order valence-electron chi connectivity index (χ4n) is 2.20. The molecule has 0 fully saturated rings. The Morgan fingerprint density at radius 3 is 2.52 bits per heavy atom. The molecule has 0 radical (unpaired) electrons. The lowest BCUT2D eigenvalue weighted by molar-refractivity contribution is 0.0940. The Labute approximate surface area is 143 Å². The van der Waals surface area contributed by atoms with E-state index < -0.39 is 0 Å². The number of nitrogens with two attached hydrogens (primary N) is 1. The van der Waals surface area contributed by atoms with Gasteiger partial charge in [-0.05, 0) is 49.2 Å². The summed E-state index contributed by atoms with van der Waals surface area (Å²) in [6.45, 7) is 5.00. The van der Waals surface area contributed by atoms with Gasteiger partial charge in [-0.1, -0.05) is 24.3 Å². The van der Waals surface area contributed by atoms with Crippen molar-refractivity contribution in [3.63, 3.8) is 0 Å². The third-order valence-electron chi connectivity index (χ3n) is 3.47. The summed E-state index contributed by atoms with van der Waals surface area (Å²) in [5.74, 6) is 0.714. The van der Waals surface area contributed by atoms with E-state index in [0.717, 1.165) is 16.9 Å². The summed E-state index contributed by atoms with van der Waals surface area (Å²) in [5, 5.41) is 2.99. The van der Waals surface area contributed by atoms with Crippen LogP contribution in [0.5, 0.6) is 5.75 Å². The second-order valence-electron chi connectivity index (χ2n) is 5.10. The highest BCUT2D eigenvalue weighted by molar-refractivity contribution is 5.94. The molecule has 2 rings (SSSR count). The zero-order chi connectivity index (χ0) is 15.9. The molecule has 0 saturated carbocycles. The third kappa shape index (κ3) is 5.27. The van der Waals surface area contributed by atoms with E-state index in [0.29, 0.717) is 18.7 Å². The minimum atomic E-state index is -0.0992. The minimum Gasteiger partial charge on any atom is -0.494 e. The fourth-order valence-corrected chi connectivity index (χ4v) is 2.20. The minimum absolute atomic E-state index is 0. The van der Waals surface area contributed by atoms with Crippen molar-refractivity contribution in [1.29, 1.82) is 0 Å². The summed E-state index contributed by atoms with van der Waals surface area (Å²) >= 11 is 0. The molecule has 1 unspecified atom stereocenters. The van der Waals surface area contributed by atoms with E-state index in [9.17, 15) is 4.79 Å². The summed E-state index contributed by atoms with van der Waals surface area (Å²) < 4.78 is 5.49. The Hall–Kier alpha value is -2.04. The van der Waals surface area contributed by atoms with Crippen molar-refractivity contribution in [2.24, 2.45) is 5.73 Å². The van der Waals surface area contributed by atoms with Crippen LogP contribution in [0.1, 0.15) is 41.4 Å². The molecule has 3 N–H and O–H groups in total. The molecular weight excluding hydrogens is 312 g/mol. The molecule has 0 aliphatic carbocycles. The molecule has 0 bridgehead atoms. The number of ether oxygens (including phenoxy) is 1. The predicted molar refractivity (Wildman–Crippen MR) is 95.1 cm³/mol. The first-order chi connectivity index (χ1) is 10.6. The van der Waals surface area contributed by atoms with Gasteiger partial charge in [0.1, 0.15) is 5.75 Å². The van der Waals surface area contributed by atoms with Crippen LogP contribution in [0.2, 0.25) is 0 Å². The number of amides is 1. The summed E-state index contributed by atoms with van der Waals surface area (Å²) in [7, 11) is 0. The van der Waals surface area contributed by atoms with Gasteiger partial charge in [-0.2, -0.15) is 0 Å². The van der Waals surface area contributed by atoms with Crippen LogP contribution in [-0.4, -0.2) is 12.5 Å². The highest BCUT2D eigenvalue weighted by atomic mass is 35.5. The van der Waals surface area contributed by atoms with Crippen molar-refractivity contribution in [2.45, 2.75) is 26.4 Å². The van der Waals surface area contributed by atoms with Gasteiger partial charge in [0.05, 0.1) is 12.6 Å². The predicted octanol–water partition coefficient (Wildman–Crippen LogP) is 3.46. The van der Waals surface area contributed by atoms with E-state index in [-0.39, 0.29) is 24.4 Å². The topological polar surface area (TPSA) is 64.3 Å². The average Bonchev–Trinajstić information content (AvgIpc) is 2.55. The molecule has 0 saturated heterocycles. The van der Waals surface area contributed by atoms with E-state index in [2.05, 4.69) is 5.32 Å². The largest absolute Gasteiger partial charge is 0.494 e. The molecule has 23 heavy (non-hydrogen) atoms. The number of carbonyl (C=O) groups is 1. The summed E-state index contributed by atoms with van der Waals surface area (Å²) in [4.78, 5) is 12.3. The molecule has 0 spiro atoms. The van der Waals surface area contributed by atoms with Gasteiger partial charge >= 0.3 is 0 Å². The SMILES string of the molecule is CCOc1cccc(C(C)NC(=O)c2ccc(CN)cc2)c1.Cl. The fraction of sp³-hybridized carbons (Fsp3) is 0.278. The number of halogens is 1. The number of nitrogens with one attached hydrogen (secondary N) is 1. The number of carbonyl (C=O) groups excluding carboxylic acids is 1. The van der Waals surface area contributed by atoms with Crippen LogP contribution in [0, 0.1) is 0 Å². The van der Waals surface area contributed by atoms with Crippen molar-refractivity contribution in [3.8, 4) is 5.75 Å². The maximum Gasteiger partial charge on any atom is 0.251 e. The van der Waals surface area contributed by atoms with Crippen LogP contribution in [0.25, 0.3) is 0 Å². The Morgan fingerprint density at radius 2 is 1.91 bits per heavy atom. The van der Waals surface area contributed by atoms with E-state index in [1.807, 2.05) is 50.2 Å². The molecule has 0 aromatic heterocycles. The first-order valence-corrected chi connectivity index (χ1v) is 7.46. The lowest BCUT2D eigenvalue weighted by Gasteiger charge is -2.15. The van der Waals surface area contributed by atoms with Crippen molar-refractivity contribution in [2.75, 3.05) is 6.61 Å². The van der Waals surface area contributed by atoms with Gasteiger partial charge in [0.2, 0.25) is 0 Å². The summed E-state index contributed by atoms with van der Waals surface area (Å²) in [5.41, 5.74) is 8.21. The van der Waals surface area contributed by atoms with Crippen molar-refractivity contribution < 1.29 is 9.53 Å². The van der Waals surface area contributed by atoms with E-state index in [1.165, 1.54) is 0 Å². The standard InChI is InChI=1S/C18H22N2O2.ClH/c1-3-22-17-6-4-5-16(11-17)13(2)20-18(21)15-9-7-14(12-19)8-10-15;/h4-11,13H,3,12,19H2,1-2H3,(H,20,21);1H. The first kappa shape index (κ1) is 19.0. The molecular formula is C18H23ClN2O2. The van der Waals surface area contributed by atoms with Crippen molar-refractivity contribution >= 4 is 18.3 Å². The third-order valence-corrected chi connectivity index (χ3v) is 3.47. The zero-order valence-corrected chi connectivity index (χ0v) is 14.2. The summed E-state index contributed by atoms with van der Waals surface area (Å²) in [6, 6.07) is 15.0. The van der Waals surface area contributed by atoms with Crippen LogP contribution >= 0.6 is 12.4 Å². The lowest BCUT2D eigenvalue weighted by Crippen LogP contribution is -2.26. The van der Waals surface area contributed by atoms with Gasteiger partial charge in [0.25, 0.3) is 5.91 Å². The number of benzene rings is 2. The quantitative estimate of drug-likeness (QED) is 0.850. The van der Waals surface area contributed by atoms with E-state index in [1.54, 1.807) is 12.1 Å². The highest BCUT2D eigenvalue weighted by Gasteiger charge is 2.12. The van der Waals surface area contributed by atoms with Gasteiger partial charge in [-0.3, -0.25) is 4.79 Å². The summed E-state index contributed by atoms with van der Waals surface area (Å²) in [6.07, 6.45) is 0. The zero-order valence-electron chi connectivity index (χ0n) is 13.4. The molecule has 124 valence electrons. The molecule has 0 aliphatic heterocycles. The average molecular weight is 335 g/mol. The lowest BCUT2D eigenvalue weighted by atomic mass is 10.1. The maximum absolute atomic E-state index is 12.3. The Bertz CT molecular complexity index is 629. The van der Waals surface area contributed by atoms with Crippen LogP contribution in [0.3, 0.4) is 0 Å². The smallest absolute Gasteiger partial charge is 0.251 e. The Balaban J connectivity index is 0.00000264. The molecule has 1 atom stereocenters. The molecule has 4 nitrogen and oxygen atoms in total. The molecule has 2 aromatic carbocycles. The van der Waals surface area contributed by atoms with Gasteiger partial charge in [0.15, 0.2) is 0 Å². The molecule has 0 heterocycles. The van der Waals surface area contributed by atoms with E-state index >= 15 is 0 Å². The van der Waals surface area contributed by atoms with Gasteiger partial charge < -0.3 is 15.8 Å². The van der Waals surface area contributed by atoms with Crippen LogP contribution in [-0.2, 0) is 6.54 Å². The molecule has 0 aliphatic rings. The van der Waals surface area contributed by atoms with Crippen molar-refractivity contribution in [1.82, 2.24) is 5.32 Å². The van der Waals surface area contributed by atoms with Gasteiger partial charge in [-0.25, -0.2) is 0 Å². The van der Waals surface area contributed by atoms with Crippen LogP contribution in [0.4, 0.5) is 0 Å². The molecule has 5 heteroatoms. The van der Waals surface area contributed by atoms with Crippen LogP contribution in [0.15, 0.2) is 48.5 Å². The Morgan fingerprint density at radius 1 is 1.22 bits per heavy atom. The highest BCUT2D eigenvalue weighted by Crippen LogP contribution is 2.19. The first-order valence-electron chi connectivity index (χ1n) is 7.46. The Kier molecular flexibility index (Phi) is 7.59. The second kappa shape index (κ2) is 9.18. The molecule has 1 amide bonds. The monoisotopic (exact) mass is 334 g/mol. The number of rotatable bonds is 6. The van der Waals surface area contributed by atoms with Gasteiger partial charge in [0, 0.05) is 12.1 Å². The van der Waals surface area contributed by atoms with Gasteiger partial charge in [-0.15, -0.1) is 12.4 Å². The van der Waals surface area contributed by atoms with E-state index in [4.69, 9.17) is 10.5 Å². The van der Waals surface area contributed by atoms with Crippen LogP contribution < -0.4 is 15.8 Å². The van der Waals surface area contributed by atoms with Crippen molar-refractivity contribution in [3.05, 3.63) is 65.2 Å². The normalized spacial score (nSPS) is 11.3. The molecule has 2 aromatic rings. The maximum atomic E-state index is 12.3. The number of hydrogen-bond acceptors (Lipinski definition) is 3. The second-order valence-corrected chi connectivity index (χ2v) is 5.10.